The van der Waals surface area contributed by atoms with Gasteiger partial charge in [-0.3, -0.25) is 0 Å². The highest BCUT2D eigenvalue weighted by Crippen LogP contribution is 2.01. The molecule has 0 spiro atoms. The maximum atomic E-state index is 8.55. The molecule has 15 heavy (non-hydrogen) atoms. The number of aliphatic hydroxyl groups excluding tert-OH is 1. The second-order valence-corrected chi connectivity index (χ2v) is 3.41. The SMILES string of the molecule is C[C@@H](COCc1ccccc1)OCCO. The van der Waals surface area contributed by atoms with Gasteiger partial charge in [0.25, 0.3) is 0 Å². The van der Waals surface area contributed by atoms with Gasteiger partial charge in [-0.2, -0.15) is 0 Å². The van der Waals surface area contributed by atoms with Crippen molar-refractivity contribution < 1.29 is 14.6 Å². The fraction of sp³-hybridized carbons (Fsp3) is 0.500. The first-order valence-corrected chi connectivity index (χ1v) is 5.17. The Labute approximate surface area is 90.6 Å². The van der Waals surface area contributed by atoms with E-state index < -0.39 is 0 Å². The zero-order valence-electron chi connectivity index (χ0n) is 9.06. The second-order valence-electron chi connectivity index (χ2n) is 3.41. The molecule has 1 rings (SSSR count). The van der Waals surface area contributed by atoms with E-state index in [0.717, 1.165) is 5.56 Å². The molecule has 0 saturated carbocycles. The van der Waals surface area contributed by atoms with Gasteiger partial charge in [0.05, 0.1) is 32.5 Å². The molecule has 0 saturated heterocycles. The number of aliphatic hydroxyl groups is 1. The summed E-state index contributed by atoms with van der Waals surface area (Å²) >= 11 is 0. The lowest BCUT2D eigenvalue weighted by Gasteiger charge is -2.12. The van der Waals surface area contributed by atoms with E-state index in [1.807, 2.05) is 37.3 Å². The molecule has 1 N–H and O–H groups in total. The molecule has 0 amide bonds. The van der Waals surface area contributed by atoms with Gasteiger partial charge < -0.3 is 14.6 Å². The van der Waals surface area contributed by atoms with Gasteiger partial charge in [-0.25, -0.2) is 0 Å². The fourth-order valence-electron chi connectivity index (χ4n) is 1.22. The van der Waals surface area contributed by atoms with Gasteiger partial charge in [0.2, 0.25) is 0 Å². The van der Waals surface area contributed by atoms with Crippen molar-refractivity contribution >= 4 is 0 Å². The molecule has 0 unspecified atom stereocenters. The largest absolute Gasteiger partial charge is 0.394 e. The van der Waals surface area contributed by atoms with Crippen molar-refractivity contribution in [2.75, 3.05) is 19.8 Å². The minimum absolute atomic E-state index is 0.0286. The van der Waals surface area contributed by atoms with Crippen LogP contribution in [0.3, 0.4) is 0 Å². The Balaban J connectivity index is 2.11. The van der Waals surface area contributed by atoms with Crippen LogP contribution in [0.4, 0.5) is 0 Å². The maximum Gasteiger partial charge on any atom is 0.0781 e. The number of rotatable bonds is 7. The van der Waals surface area contributed by atoms with E-state index in [4.69, 9.17) is 14.6 Å². The summed E-state index contributed by atoms with van der Waals surface area (Å²) in [4.78, 5) is 0. The van der Waals surface area contributed by atoms with Crippen molar-refractivity contribution in [2.24, 2.45) is 0 Å². The first-order valence-electron chi connectivity index (χ1n) is 5.17. The molecule has 0 radical (unpaired) electrons. The van der Waals surface area contributed by atoms with Crippen molar-refractivity contribution in [3.8, 4) is 0 Å². The van der Waals surface area contributed by atoms with Crippen LogP contribution in [0.15, 0.2) is 30.3 Å². The third-order valence-electron chi connectivity index (χ3n) is 1.96. The summed E-state index contributed by atoms with van der Waals surface area (Å²) in [6.07, 6.45) is 0.0286. The van der Waals surface area contributed by atoms with E-state index in [1.165, 1.54) is 0 Å². The van der Waals surface area contributed by atoms with E-state index in [9.17, 15) is 0 Å². The molecule has 0 aliphatic rings. The Morgan fingerprint density at radius 3 is 2.67 bits per heavy atom. The van der Waals surface area contributed by atoms with Crippen LogP contribution in [0, 0.1) is 0 Å². The van der Waals surface area contributed by atoms with Gasteiger partial charge in [-0.15, -0.1) is 0 Å². The monoisotopic (exact) mass is 210 g/mol. The topological polar surface area (TPSA) is 38.7 Å². The van der Waals surface area contributed by atoms with Crippen molar-refractivity contribution in [1.82, 2.24) is 0 Å². The van der Waals surface area contributed by atoms with E-state index in [1.54, 1.807) is 0 Å². The van der Waals surface area contributed by atoms with Gasteiger partial charge in [0.1, 0.15) is 0 Å². The molecule has 0 bridgehead atoms. The smallest absolute Gasteiger partial charge is 0.0781 e. The number of hydrogen-bond donors (Lipinski definition) is 1. The summed E-state index contributed by atoms with van der Waals surface area (Å²) in [7, 11) is 0. The van der Waals surface area contributed by atoms with Crippen LogP contribution in [0.25, 0.3) is 0 Å². The highest BCUT2D eigenvalue weighted by Gasteiger charge is 2.01. The van der Waals surface area contributed by atoms with Gasteiger partial charge in [-0.1, -0.05) is 30.3 Å². The standard InChI is InChI=1S/C12H18O3/c1-11(15-8-7-13)9-14-10-12-5-3-2-4-6-12/h2-6,11,13H,7-10H2,1H3/t11-/m0/s1. The predicted molar refractivity (Wildman–Crippen MR) is 58.6 cm³/mol. The van der Waals surface area contributed by atoms with E-state index >= 15 is 0 Å². The lowest BCUT2D eigenvalue weighted by molar-refractivity contribution is -0.0228. The minimum atomic E-state index is 0.0286. The lowest BCUT2D eigenvalue weighted by atomic mass is 10.2. The van der Waals surface area contributed by atoms with Crippen LogP contribution in [-0.4, -0.2) is 31.0 Å². The maximum absolute atomic E-state index is 8.55. The Bertz CT molecular complexity index is 248. The summed E-state index contributed by atoms with van der Waals surface area (Å²) in [6.45, 7) is 3.52. The molecule has 1 aromatic rings. The third-order valence-corrected chi connectivity index (χ3v) is 1.96. The second kappa shape index (κ2) is 7.40. The first kappa shape index (κ1) is 12.2. The molecule has 0 aliphatic heterocycles. The molecule has 0 fully saturated rings. The number of ether oxygens (including phenoxy) is 2. The van der Waals surface area contributed by atoms with Gasteiger partial charge in [-0.05, 0) is 12.5 Å². The van der Waals surface area contributed by atoms with Crippen LogP contribution in [0.1, 0.15) is 12.5 Å². The predicted octanol–water partition coefficient (Wildman–Crippen LogP) is 1.60. The molecule has 0 aliphatic carbocycles. The zero-order chi connectivity index (χ0) is 10.9. The Morgan fingerprint density at radius 1 is 1.27 bits per heavy atom. The summed E-state index contributed by atoms with van der Waals surface area (Å²) in [5, 5.41) is 8.55. The first-order chi connectivity index (χ1) is 7.33. The molecule has 3 nitrogen and oxygen atoms in total. The van der Waals surface area contributed by atoms with Gasteiger partial charge in [0, 0.05) is 0 Å². The van der Waals surface area contributed by atoms with Crippen molar-refractivity contribution in [2.45, 2.75) is 19.6 Å². The van der Waals surface area contributed by atoms with Crippen molar-refractivity contribution in [1.29, 1.82) is 0 Å². The molecular weight excluding hydrogens is 192 g/mol. The van der Waals surface area contributed by atoms with Crippen LogP contribution in [-0.2, 0) is 16.1 Å². The molecule has 84 valence electrons. The summed E-state index contributed by atoms with van der Waals surface area (Å²) in [5.74, 6) is 0. The normalized spacial score (nSPS) is 12.7. The molecule has 1 aromatic carbocycles. The van der Waals surface area contributed by atoms with Gasteiger partial charge in [0.15, 0.2) is 0 Å². The number of hydrogen-bond acceptors (Lipinski definition) is 3. The molecule has 1 atom stereocenters. The average molecular weight is 210 g/mol. The van der Waals surface area contributed by atoms with Crippen LogP contribution < -0.4 is 0 Å². The third kappa shape index (κ3) is 5.52. The summed E-state index contributed by atoms with van der Waals surface area (Å²) in [5.41, 5.74) is 1.16. The Morgan fingerprint density at radius 2 is 2.00 bits per heavy atom. The minimum Gasteiger partial charge on any atom is -0.394 e. The van der Waals surface area contributed by atoms with Crippen LogP contribution >= 0.6 is 0 Å². The highest BCUT2D eigenvalue weighted by molar-refractivity contribution is 5.13. The van der Waals surface area contributed by atoms with Gasteiger partial charge >= 0.3 is 0 Å². The molecular formula is C12H18O3. The molecule has 0 aromatic heterocycles. The van der Waals surface area contributed by atoms with Crippen LogP contribution in [0.5, 0.6) is 0 Å². The van der Waals surface area contributed by atoms with E-state index in [2.05, 4.69) is 0 Å². The summed E-state index contributed by atoms with van der Waals surface area (Å²) < 4.78 is 10.7. The molecule has 3 heteroatoms. The quantitative estimate of drug-likeness (QED) is 0.743. The molecule has 0 heterocycles. The van der Waals surface area contributed by atoms with E-state index in [-0.39, 0.29) is 12.7 Å². The van der Waals surface area contributed by atoms with Crippen molar-refractivity contribution in [3.05, 3.63) is 35.9 Å². The lowest BCUT2D eigenvalue weighted by Crippen LogP contribution is -2.17. The highest BCUT2D eigenvalue weighted by atomic mass is 16.5. The zero-order valence-corrected chi connectivity index (χ0v) is 9.06. The summed E-state index contributed by atoms with van der Waals surface area (Å²) in [6, 6.07) is 10.0. The van der Waals surface area contributed by atoms with Crippen molar-refractivity contribution in [3.63, 3.8) is 0 Å². The number of benzene rings is 1. The Hall–Kier alpha value is -0.900. The fourth-order valence-corrected chi connectivity index (χ4v) is 1.22. The average Bonchev–Trinajstić information content (AvgIpc) is 2.28. The Kier molecular flexibility index (Phi) is 6.00. The van der Waals surface area contributed by atoms with Crippen LogP contribution in [0.2, 0.25) is 0 Å². The van der Waals surface area contributed by atoms with E-state index in [0.29, 0.717) is 19.8 Å².